The molecule has 0 fully saturated rings. The number of aromatic nitrogens is 3. The van der Waals surface area contributed by atoms with Gasteiger partial charge in [-0.05, 0) is 30.7 Å². The molecule has 5 nitrogen and oxygen atoms in total. The van der Waals surface area contributed by atoms with E-state index in [1.54, 1.807) is 0 Å². The van der Waals surface area contributed by atoms with Gasteiger partial charge in [0, 0.05) is 22.9 Å². The van der Waals surface area contributed by atoms with Crippen LogP contribution in [-0.4, -0.2) is 26.4 Å². The summed E-state index contributed by atoms with van der Waals surface area (Å²) in [6.45, 7) is 2.31. The van der Waals surface area contributed by atoms with Gasteiger partial charge in [-0.3, -0.25) is 4.79 Å². The third-order valence-corrected chi connectivity index (χ3v) is 5.91. The third kappa shape index (κ3) is 2.85. The first-order valence-electron chi connectivity index (χ1n) is 6.96. The zero-order chi connectivity index (χ0) is 15.0. The van der Waals surface area contributed by atoms with Crippen molar-refractivity contribution in [3.63, 3.8) is 0 Å². The molecule has 21 heavy (non-hydrogen) atoms. The van der Waals surface area contributed by atoms with Crippen LogP contribution in [0.2, 0.25) is 0 Å². The van der Waals surface area contributed by atoms with E-state index in [0.717, 1.165) is 23.3 Å². The van der Waals surface area contributed by atoms with Crippen LogP contribution in [0.4, 0.5) is 0 Å². The molecule has 0 radical (unpaired) electrons. The van der Waals surface area contributed by atoms with Gasteiger partial charge in [0.1, 0.15) is 0 Å². The summed E-state index contributed by atoms with van der Waals surface area (Å²) in [4.78, 5) is 12.4. The first-order chi connectivity index (χ1) is 10.1. The standard InChI is InChI=1S/C14H18N4OS2/c1-8-3-4-9-10(6-20-11(9)5-8)13-16-17-14(18(13)2)21-7-12(15)19/h6,8H,3-5,7H2,1-2H3,(H2,15,19)/t8-/m1/s1. The lowest BCUT2D eigenvalue weighted by Crippen LogP contribution is -2.13. The Hall–Kier alpha value is -1.34. The van der Waals surface area contributed by atoms with Crippen molar-refractivity contribution in [2.75, 3.05) is 5.75 Å². The molecule has 2 heterocycles. The number of thiophene rings is 1. The summed E-state index contributed by atoms with van der Waals surface area (Å²) in [5.74, 6) is 1.54. The molecule has 1 aliphatic carbocycles. The van der Waals surface area contributed by atoms with E-state index in [1.165, 1.54) is 40.6 Å². The van der Waals surface area contributed by atoms with Gasteiger partial charge >= 0.3 is 0 Å². The molecule has 7 heteroatoms. The van der Waals surface area contributed by atoms with Crippen molar-refractivity contribution in [1.29, 1.82) is 0 Å². The monoisotopic (exact) mass is 322 g/mol. The summed E-state index contributed by atoms with van der Waals surface area (Å²) >= 11 is 3.15. The molecule has 0 aromatic carbocycles. The molecule has 0 spiro atoms. The molecule has 0 aliphatic heterocycles. The molecule has 0 saturated carbocycles. The lowest BCUT2D eigenvalue weighted by Gasteiger charge is -2.18. The quantitative estimate of drug-likeness (QED) is 0.876. The van der Waals surface area contributed by atoms with E-state index in [1.807, 2.05) is 23.0 Å². The Morgan fingerprint density at radius 3 is 3.14 bits per heavy atom. The van der Waals surface area contributed by atoms with Gasteiger partial charge in [-0.2, -0.15) is 0 Å². The number of thioether (sulfide) groups is 1. The maximum absolute atomic E-state index is 10.9. The Morgan fingerprint density at radius 2 is 2.38 bits per heavy atom. The molecular weight excluding hydrogens is 304 g/mol. The van der Waals surface area contributed by atoms with Gasteiger partial charge in [-0.25, -0.2) is 0 Å². The van der Waals surface area contributed by atoms with Crippen LogP contribution in [0, 0.1) is 5.92 Å². The molecule has 0 bridgehead atoms. The van der Waals surface area contributed by atoms with Crippen molar-refractivity contribution in [3.8, 4) is 11.4 Å². The van der Waals surface area contributed by atoms with Crippen LogP contribution in [0.15, 0.2) is 10.5 Å². The molecular formula is C14H18N4OS2. The van der Waals surface area contributed by atoms with Gasteiger partial charge in [0.05, 0.1) is 5.75 Å². The number of nitrogens with two attached hydrogens (primary N) is 1. The molecule has 1 atom stereocenters. The number of fused-ring (bicyclic) bond motifs is 1. The third-order valence-electron chi connectivity index (χ3n) is 3.82. The topological polar surface area (TPSA) is 73.8 Å². The summed E-state index contributed by atoms with van der Waals surface area (Å²) in [7, 11) is 1.94. The van der Waals surface area contributed by atoms with Crippen molar-refractivity contribution >= 4 is 29.0 Å². The van der Waals surface area contributed by atoms with E-state index in [4.69, 9.17) is 5.73 Å². The molecule has 0 unspecified atom stereocenters. The minimum atomic E-state index is -0.341. The van der Waals surface area contributed by atoms with Crippen LogP contribution < -0.4 is 5.73 Å². The first kappa shape index (κ1) is 14.6. The Morgan fingerprint density at radius 1 is 1.57 bits per heavy atom. The molecule has 1 aliphatic rings. The fraction of sp³-hybridized carbons (Fsp3) is 0.500. The zero-order valence-corrected chi connectivity index (χ0v) is 13.8. The lowest BCUT2D eigenvalue weighted by molar-refractivity contribution is -0.115. The molecule has 3 rings (SSSR count). The highest BCUT2D eigenvalue weighted by Crippen LogP contribution is 2.37. The minimum Gasteiger partial charge on any atom is -0.369 e. The van der Waals surface area contributed by atoms with E-state index < -0.39 is 0 Å². The normalized spacial score (nSPS) is 17.7. The molecule has 2 N–H and O–H groups in total. The number of carbonyl (C=O) groups excluding carboxylic acids is 1. The largest absolute Gasteiger partial charge is 0.369 e. The van der Waals surface area contributed by atoms with E-state index in [9.17, 15) is 4.79 Å². The van der Waals surface area contributed by atoms with E-state index in [0.29, 0.717) is 0 Å². The predicted octanol–water partition coefficient (Wildman–Crippen LogP) is 2.25. The number of amides is 1. The molecule has 2 aromatic heterocycles. The second-order valence-electron chi connectivity index (χ2n) is 5.52. The van der Waals surface area contributed by atoms with Gasteiger partial charge in [0.2, 0.25) is 5.91 Å². The lowest BCUT2D eigenvalue weighted by atomic mass is 9.88. The fourth-order valence-corrected chi connectivity index (χ4v) is 4.57. The average molecular weight is 322 g/mol. The van der Waals surface area contributed by atoms with Crippen LogP contribution in [0.3, 0.4) is 0 Å². The molecule has 0 saturated heterocycles. The summed E-state index contributed by atoms with van der Waals surface area (Å²) in [6.07, 6.45) is 3.52. The number of hydrogen-bond donors (Lipinski definition) is 1. The highest BCUT2D eigenvalue weighted by Gasteiger charge is 2.23. The molecule has 112 valence electrons. The molecule has 1 amide bonds. The fourth-order valence-electron chi connectivity index (χ4n) is 2.68. The summed E-state index contributed by atoms with van der Waals surface area (Å²) in [6, 6.07) is 0. The van der Waals surface area contributed by atoms with E-state index in [-0.39, 0.29) is 11.7 Å². The number of primary amides is 1. The second-order valence-corrected chi connectivity index (χ2v) is 7.43. The van der Waals surface area contributed by atoms with Gasteiger partial charge in [-0.1, -0.05) is 18.7 Å². The van der Waals surface area contributed by atoms with E-state index in [2.05, 4.69) is 22.5 Å². The Kier molecular flexibility index (Phi) is 4.03. The van der Waals surface area contributed by atoms with Gasteiger partial charge in [0.25, 0.3) is 0 Å². The van der Waals surface area contributed by atoms with Crippen molar-refractivity contribution in [3.05, 3.63) is 15.8 Å². The Balaban J connectivity index is 1.90. The highest BCUT2D eigenvalue weighted by molar-refractivity contribution is 7.99. The SMILES string of the molecule is C[C@@H]1CCc2c(-c3nnc(SCC(N)=O)n3C)csc2C1. The van der Waals surface area contributed by atoms with Crippen LogP contribution in [0.1, 0.15) is 23.8 Å². The Bertz CT molecular complexity index is 677. The maximum atomic E-state index is 10.9. The number of nitrogens with zero attached hydrogens (tertiary/aromatic N) is 3. The molecule has 2 aromatic rings. The van der Waals surface area contributed by atoms with E-state index >= 15 is 0 Å². The Labute approximate surface area is 131 Å². The van der Waals surface area contributed by atoms with Crippen LogP contribution >= 0.6 is 23.1 Å². The van der Waals surface area contributed by atoms with Crippen LogP contribution in [0.25, 0.3) is 11.4 Å². The van der Waals surface area contributed by atoms with Gasteiger partial charge in [0.15, 0.2) is 11.0 Å². The number of rotatable bonds is 4. The van der Waals surface area contributed by atoms with Crippen molar-refractivity contribution in [2.24, 2.45) is 18.7 Å². The van der Waals surface area contributed by atoms with Crippen LogP contribution in [0.5, 0.6) is 0 Å². The van der Waals surface area contributed by atoms with Crippen LogP contribution in [-0.2, 0) is 24.7 Å². The minimum absolute atomic E-state index is 0.227. The van der Waals surface area contributed by atoms with Crippen molar-refractivity contribution in [2.45, 2.75) is 31.3 Å². The first-order valence-corrected chi connectivity index (χ1v) is 8.83. The van der Waals surface area contributed by atoms with Crippen molar-refractivity contribution in [1.82, 2.24) is 14.8 Å². The summed E-state index contributed by atoms with van der Waals surface area (Å²) < 4.78 is 1.95. The number of hydrogen-bond acceptors (Lipinski definition) is 5. The highest BCUT2D eigenvalue weighted by atomic mass is 32.2. The number of carbonyl (C=O) groups is 1. The zero-order valence-electron chi connectivity index (χ0n) is 12.1. The average Bonchev–Trinajstić information content (AvgIpc) is 2.99. The van der Waals surface area contributed by atoms with Gasteiger partial charge in [-0.15, -0.1) is 21.5 Å². The summed E-state index contributed by atoms with van der Waals surface area (Å²) in [5, 5.41) is 11.4. The predicted molar refractivity (Wildman–Crippen MR) is 85.4 cm³/mol. The maximum Gasteiger partial charge on any atom is 0.227 e. The van der Waals surface area contributed by atoms with Gasteiger partial charge < -0.3 is 10.3 Å². The second kappa shape index (κ2) is 5.81. The summed E-state index contributed by atoms with van der Waals surface area (Å²) in [5.41, 5.74) is 7.81. The smallest absolute Gasteiger partial charge is 0.227 e. The van der Waals surface area contributed by atoms with Crippen molar-refractivity contribution < 1.29 is 4.79 Å².